The van der Waals surface area contributed by atoms with Crippen molar-refractivity contribution in [2.75, 3.05) is 7.11 Å². The van der Waals surface area contributed by atoms with Crippen LogP contribution in [0.15, 0.2) is 42.6 Å². The summed E-state index contributed by atoms with van der Waals surface area (Å²) < 4.78 is 13.0. The van der Waals surface area contributed by atoms with Crippen LogP contribution >= 0.6 is 0 Å². The highest BCUT2D eigenvalue weighted by Gasteiger charge is 2.15. The topological polar surface area (TPSA) is 71.8 Å². The Morgan fingerprint density at radius 2 is 1.77 bits per heavy atom. The number of aliphatic hydroxyl groups is 1. The fraction of sp³-hybridized carbons (Fsp3) is 0.250. The Morgan fingerprint density at radius 3 is 2.38 bits per heavy atom. The Balaban J connectivity index is 0.00000117. The fourth-order valence-electron chi connectivity index (χ4n) is 2.58. The van der Waals surface area contributed by atoms with Crippen molar-refractivity contribution in [3.05, 3.63) is 65.1 Å². The zero-order valence-electron chi connectivity index (χ0n) is 15.0. The summed E-state index contributed by atoms with van der Waals surface area (Å²) in [7, 11) is 1.32. The molecule has 5 nitrogen and oxygen atoms in total. The molecule has 0 fully saturated rings. The van der Waals surface area contributed by atoms with Crippen LogP contribution in [0.25, 0.3) is 10.9 Å². The predicted octanol–water partition coefficient (Wildman–Crippen LogP) is 4.13. The van der Waals surface area contributed by atoms with E-state index in [1.54, 1.807) is 18.3 Å². The summed E-state index contributed by atoms with van der Waals surface area (Å²) >= 11 is 0. The van der Waals surface area contributed by atoms with Gasteiger partial charge in [-0.3, -0.25) is 4.98 Å². The summed E-state index contributed by atoms with van der Waals surface area (Å²) in [5.74, 6) is -0.348. The second-order valence-corrected chi connectivity index (χ2v) is 5.33. The van der Waals surface area contributed by atoms with Gasteiger partial charge in [0.1, 0.15) is 11.3 Å². The molecule has 26 heavy (non-hydrogen) atoms. The van der Waals surface area contributed by atoms with E-state index in [0.29, 0.717) is 22.9 Å². The van der Waals surface area contributed by atoms with E-state index in [2.05, 4.69) is 9.87 Å². The molecule has 6 heteroatoms. The van der Waals surface area contributed by atoms with Crippen molar-refractivity contribution >= 4 is 10.9 Å². The zero-order valence-corrected chi connectivity index (χ0v) is 15.0. The average Bonchev–Trinajstić information content (AvgIpc) is 2.67. The fourth-order valence-corrected chi connectivity index (χ4v) is 2.58. The van der Waals surface area contributed by atoms with Gasteiger partial charge in [0.2, 0.25) is 5.75 Å². The lowest BCUT2D eigenvalue weighted by Crippen LogP contribution is -1.97. The summed E-state index contributed by atoms with van der Waals surface area (Å²) in [4.78, 5) is 13.7. The highest BCUT2D eigenvalue weighted by molar-refractivity contribution is 5.90. The number of pyridine rings is 1. The van der Waals surface area contributed by atoms with Gasteiger partial charge < -0.3 is 15.1 Å². The molecule has 138 valence electrons. The first kappa shape index (κ1) is 19.6. The Labute approximate surface area is 151 Å². The molecule has 0 aliphatic carbocycles. The van der Waals surface area contributed by atoms with Crippen LogP contribution in [0.1, 0.15) is 30.5 Å². The molecule has 2 N–H and O–H groups in total. The SMILES string of the molecule is CC.COOc1cc(CO)c2cc(Cc3ccc(F)cc3)cnc2c1O. The zero-order chi connectivity index (χ0) is 19.1. The summed E-state index contributed by atoms with van der Waals surface area (Å²) in [5, 5.41) is 20.4. The quantitative estimate of drug-likeness (QED) is 0.529. The van der Waals surface area contributed by atoms with Gasteiger partial charge in [0.15, 0.2) is 5.75 Å². The van der Waals surface area contributed by atoms with Gasteiger partial charge in [-0.05, 0) is 47.4 Å². The first-order valence-corrected chi connectivity index (χ1v) is 8.32. The minimum atomic E-state index is -0.284. The monoisotopic (exact) mass is 359 g/mol. The molecule has 0 radical (unpaired) electrons. The van der Waals surface area contributed by atoms with E-state index in [1.807, 2.05) is 19.9 Å². The van der Waals surface area contributed by atoms with Crippen LogP contribution in [0.2, 0.25) is 0 Å². The smallest absolute Gasteiger partial charge is 0.209 e. The Morgan fingerprint density at radius 1 is 1.08 bits per heavy atom. The second-order valence-electron chi connectivity index (χ2n) is 5.33. The summed E-state index contributed by atoms with van der Waals surface area (Å²) in [6.07, 6.45) is 2.19. The lowest BCUT2D eigenvalue weighted by molar-refractivity contribution is -0.179. The van der Waals surface area contributed by atoms with Crippen LogP contribution in [-0.2, 0) is 17.9 Å². The van der Waals surface area contributed by atoms with E-state index in [9.17, 15) is 14.6 Å². The van der Waals surface area contributed by atoms with Gasteiger partial charge in [0, 0.05) is 11.6 Å². The van der Waals surface area contributed by atoms with Crippen molar-refractivity contribution < 1.29 is 24.4 Å². The number of aliphatic hydroxyl groups excluding tert-OH is 1. The lowest BCUT2D eigenvalue weighted by Gasteiger charge is -2.11. The van der Waals surface area contributed by atoms with Crippen molar-refractivity contribution in [3.8, 4) is 11.5 Å². The van der Waals surface area contributed by atoms with Gasteiger partial charge >= 0.3 is 0 Å². The Kier molecular flexibility index (Phi) is 6.89. The minimum Gasteiger partial charge on any atom is -0.503 e. The third kappa shape index (κ3) is 4.28. The normalized spacial score (nSPS) is 10.3. The lowest BCUT2D eigenvalue weighted by atomic mass is 10.0. The van der Waals surface area contributed by atoms with E-state index in [1.165, 1.54) is 25.3 Å². The molecule has 1 heterocycles. The maximum absolute atomic E-state index is 13.0. The Bertz CT molecular complexity index is 866. The van der Waals surface area contributed by atoms with E-state index in [4.69, 9.17) is 4.89 Å². The number of nitrogens with zero attached hydrogens (tertiary/aromatic N) is 1. The molecule has 0 saturated heterocycles. The molecule has 0 aliphatic heterocycles. The van der Waals surface area contributed by atoms with Gasteiger partial charge in [-0.15, -0.1) is 0 Å². The predicted molar refractivity (Wildman–Crippen MR) is 97.5 cm³/mol. The molecule has 3 aromatic rings. The van der Waals surface area contributed by atoms with Gasteiger partial charge in [-0.2, -0.15) is 4.89 Å². The van der Waals surface area contributed by atoms with Gasteiger partial charge in [0.25, 0.3) is 0 Å². The summed E-state index contributed by atoms with van der Waals surface area (Å²) in [5.41, 5.74) is 2.69. The third-order valence-corrected chi connectivity index (χ3v) is 3.72. The summed E-state index contributed by atoms with van der Waals surface area (Å²) in [6, 6.07) is 9.57. The third-order valence-electron chi connectivity index (χ3n) is 3.72. The number of phenols is 1. The van der Waals surface area contributed by atoms with Crippen molar-refractivity contribution in [2.45, 2.75) is 26.9 Å². The molecular formula is C20H22FNO4. The molecule has 0 unspecified atom stereocenters. The van der Waals surface area contributed by atoms with Crippen molar-refractivity contribution in [3.63, 3.8) is 0 Å². The second kappa shape index (κ2) is 9.12. The van der Waals surface area contributed by atoms with Crippen molar-refractivity contribution in [1.29, 1.82) is 0 Å². The highest BCUT2D eigenvalue weighted by atomic mass is 19.1. The number of hydrogen-bond acceptors (Lipinski definition) is 5. The molecule has 0 saturated carbocycles. The van der Waals surface area contributed by atoms with Crippen LogP contribution < -0.4 is 4.89 Å². The number of aromatic nitrogens is 1. The molecule has 3 rings (SSSR count). The van der Waals surface area contributed by atoms with Crippen molar-refractivity contribution in [1.82, 2.24) is 4.98 Å². The Hall–Kier alpha value is -2.70. The molecule has 0 aliphatic rings. The summed E-state index contributed by atoms with van der Waals surface area (Å²) in [6.45, 7) is 3.76. The molecular weight excluding hydrogens is 337 g/mol. The average molecular weight is 359 g/mol. The van der Waals surface area contributed by atoms with Crippen LogP contribution in [0.3, 0.4) is 0 Å². The number of halogens is 1. The van der Waals surface area contributed by atoms with Crippen LogP contribution in [-0.4, -0.2) is 22.3 Å². The van der Waals surface area contributed by atoms with E-state index in [-0.39, 0.29) is 23.9 Å². The highest BCUT2D eigenvalue weighted by Crippen LogP contribution is 2.36. The molecule has 1 aromatic heterocycles. The number of benzene rings is 2. The largest absolute Gasteiger partial charge is 0.503 e. The molecule has 0 amide bonds. The number of phenolic OH excluding ortho intramolecular Hbond substituents is 1. The van der Waals surface area contributed by atoms with E-state index < -0.39 is 0 Å². The van der Waals surface area contributed by atoms with E-state index >= 15 is 0 Å². The standard InChI is InChI=1S/C18H16FNO4.C2H6/c1-23-24-16-8-13(10-21)15-7-12(9-20-17(15)18(16)22)6-11-2-4-14(19)5-3-11;1-2/h2-5,7-9,21-22H,6,10H2,1H3;1-2H3. The molecule has 0 spiro atoms. The first-order valence-electron chi connectivity index (χ1n) is 8.32. The van der Waals surface area contributed by atoms with Gasteiger partial charge in [0.05, 0.1) is 13.7 Å². The number of fused-ring (bicyclic) bond motifs is 1. The molecule has 0 bridgehead atoms. The van der Waals surface area contributed by atoms with Gasteiger partial charge in [-0.25, -0.2) is 4.39 Å². The number of hydrogen-bond donors (Lipinski definition) is 2. The van der Waals surface area contributed by atoms with Crippen LogP contribution in [0.5, 0.6) is 11.5 Å². The molecule has 2 aromatic carbocycles. The molecule has 0 atom stereocenters. The number of aromatic hydroxyl groups is 1. The maximum Gasteiger partial charge on any atom is 0.209 e. The van der Waals surface area contributed by atoms with Gasteiger partial charge in [-0.1, -0.05) is 26.0 Å². The van der Waals surface area contributed by atoms with Crippen molar-refractivity contribution in [2.24, 2.45) is 0 Å². The first-order chi connectivity index (χ1) is 12.6. The number of rotatable bonds is 5. The van der Waals surface area contributed by atoms with Crippen LogP contribution in [0, 0.1) is 5.82 Å². The van der Waals surface area contributed by atoms with Crippen LogP contribution in [0.4, 0.5) is 4.39 Å². The maximum atomic E-state index is 13.0. The van der Waals surface area contributed by atoms with E-state index in [0.717, 1.165) is 11.1 Å². The minimum absolute atomic E-state index is 0.0906.